The summed E-state index contributed by atoms with van der Waals surface area (Å²) in [5.41, 5.74) is 4.13. The van der Waals surface area contributed by atoms with Gasteiger partial charge in [-0.15, -0.1) is 0 Å². The molecule has 0 radical (unpaired) electrons. The molecule has 0 aliphatic carbocycles. The Labute approximate surface area is 183 Å². The number of benzene rings is 2. The number of carbonyl (C=O) groups excluding carboxylic acids is 1. The second-order valence-corrected chi connectivity index (χ2v) is 7.35. The van der Waals surface area contributed by atoms with Crippen molar-refractivity contribution in [1.82, 2.24) is 15.1 Å². The molecule has 3 rings (SSSR count). The summed E-state index contributed by atoms with van der Waals surface area (Å²) in [4.78, 5) is 12.1. The lowest BCUT2D eigenvalue weighted by Gasteiger charge is -2.11. The quantitative estimate of drug-likeness (QED) is 0.393. The highest BCUT2D eigenvalue weighted by molar-refractivity contribution is 5.91. The fourth-order valence-corrected chi connectivity index (χ4v) is 3.11. The van der Waals surface area contributed by atoms with Gasteiger partial charge in [-0.2, -0.15) is 5.10 Å². The van der Waals surface area contributed by atoms with E-state index in [1.165, 1.54) is 5.56 Å². The van der Waals surface area contributed by atoms with Crippen molar-refractivity contribution in [2.45, 2.75) is 33.4 Å². The molecule has 31 heavy (non-hydrogen) atoms. The fraction of sp³-hybridized carbons (Fsp3) is 0.280. The van der Waals surface area contributed by atoms with Gasteiger partial charge in [0.2, 0.25) is 5.91 Å². The van der Waals surface area contributed by atoms with E-state index in [1.807, 2.05) is 67.1 Å². The highest BCUT2D eigenvalue weighted by Gasteiger charge is 2.06. The van der Waals surface area contributed by atoms with Crippen molar-refractivity contribution in [3.63, 3.8) is 0 Å². The summed E-state index contributed by atoms with van der Waals surface area (Å²) in [6, 6.07) is 15.7. The molecule has 0 aliphatic rings. The Kier molecular flexibility index (Phi) is 7.87. The Hall–Kier alpha value is -3.54. The van der Waals surface area contributed by atoms with Gasteiger partial charge < -0.3 is 14.8 Å². The van der Waals surface area contributed by atoms with E-state index in [1.54, 1.807) is 25.5 Å². The van der Waals surface area contributed by atoms with Crippen LogP contribution in [0.2, 0.25) is 0 Å². The number of nitrogens with zero attached hydrogens (tertiary/aromatic N) is 2. The van der Waals surface area contributed by atoms with Crippen LogP contribution in [-0.2, 0) is 17.9 Å². The number of carbonyl (C=O) groups is 1. The zero-order chi connectivity index (χ0) is 22.1. The topological polar surface area (TPSA) is 65.4 Å². The van der Waals surface area contributed by atoms with Gasteiger partial charge in [0.15, 0.2) is 0 Å². The molecule has 2 aromatic carbocycles. The number of hydrogen-bond donors (Lipinski definition) is 1. The van der Waals surface area contributed by atoms with E-state index in [4.69, 9.17) is 9.47 Å². The predicted octanol–water partition coefficient (Wildman–Crippen LogP) is 4.31. The highest BCUT2D eigenvalue weighted by Crippen LogP contribution is 2.23. The maximum absolute atomic E-state index is 12.1. The van der Waals surface area contributed by atoms with Crippen LogP contribution in [0.15, 0.2) is 60.8 Å². The molecule has 0 fully saturated rings. The molecule has 1 N–H and O–H groups in total. The molecular formula is C25H29N3O3. The van der Waals surface area contributed by atoms with Gasteiger partial charge in [-0.3, -0.25) is 9.48 Å². The molecule has 3 aromatic rings. The molecule has 6 heteroatoms. The molecule has 1 aromatic heterocycles. The van der Waals surface area contributed by atoms with Crippen LogP contribution in [-0.4, -0.2) is 29.3 Å². The van der Waals surface area contributed by atoms with Crippen molar-refractivity contribution in [2.24, 2.45) is 0 Å². The van der Waals surface area contributed by atoms with Gasteiger partial charge in [0.05, 0.1) is 7.11 Å². The molecule has 0 spiro atoms. The Morgan fingerprint density at radius 3 is 2.65 bits per heavy atom. The normalized spacial score (nSPS) is 10.9. The van der Waals surface area contributed by atoms with Crippen molar-refractivity contribution in [3.8, 4) is 11.5 Å². The summed E-state index contributed by atoms with van der Waals surface area (Å²) in [5.74, 6) is 1.44. The van der Waals surface area contributed by atoms with Crippen molar-refractivity contribution in [3.05, 3.63) is 83.2 Å². The van der Waals surface area contributed by atoms with Crippen molar-refractivity contribution in [1.29, 1.82) is 0 Å². The second kappa shape index (κ2) is 11.0. The molecule has 1 amide bonds. The molecule has 0 saturated carbocycles. The molecule has 162 valence electrons. The first-order valence-corrected chi connectivity index (χ1v) is 10.4. The zero-order valence-electron chi connectivity index (χ0n) is 18.3. The number of aryl methyl sites for hydroxylation is 3. The van der Waals surface area contributed by atoms with E-state index >= 15 is 0 Å². The van der Waals surface area contributed by atoms with Gasteiger partial charge in [0.25, 0.3) is 0 Å². The highest BCUT2D eigenvalue weighted by atomic mass is 16.5. The molecule has 0 aliphatic heterocycles. The van der Waals surface area contributed by atoms with Crippen LogP contribution < -0.4 is 14.8 Å². The first kappa shape index (κ1) is 22.2. The van der Waals surface area contributed by atoms with Crippen LogP contribution >= 0.6 is 0 Å². The summed E-state index contributed by atoms with van der Waals surface area (Å²) in [7, 11) is 1.64. The van der Waals surface area contributed by atoms with Gasteiger partial charge >= 0.3 is 0 Å². The SMILES string of the molecule is COc1ccc(/C=C/C(=O)NCCCn2nccc2C)cc1COc1ccc(C)cc1. The lowest BCUT2D eigenvalue weighted by atomic mass is 10.1. The number of nitrogens with one attached hydrogen (secondary N) is 1. The average molecular weight is 420 g/mol. The summed E-state index contributed by atoms with van der Waals surface area (Å²) in [6.45, 7) is 5.82. The Morgan fingerprint density at radius 2 is 1.94 bits per heavy atom. The molecule has 1 heterocycles. The summed E-state index contributed by atoms with van der Waals surface area (Å²) in [5, 5.41) is 7.15. The van der Waals surface area contributed by atoms with Gasteiger partial charge in [-0.1, -0.05) is 23.8 Å². The maximum Gasteiger partial charge on any atom is 0.244 e. The number of rotatable bonds is 10. The minimum Gasteiger partial charge on any atom is -0.496 e. The van der Waals surface area contributed by atoms with E-state index in [0.29, 0.717) is 13.2 Å². The van der Waals surface area contributed by atoms with Crippen LogP contribution in [0.1, 0.15) is 28.8 Å². The number of aromatic nitrogens is 2. The molecule has 0 unspecified atom stereocenters. The number of hydrogen-bond acceptors (Lipinski definition) is 4. The lowest BCUT2D eigenvalue weighted by Crippen LogP contribution is -2.23. The number of methoxy groups -OCH3 is 1. The van der Waals surface area contributed by atoms with E-state index < -0.39 is 0 Å². The van der Waals surface area contributed by atoms with Crippen molar-refractivity contribution >= 4 is 12.0 Å². The van der Waals surface area contributed by atoms with Crippen LogP contribution in [0.5, 0.6) is 11.5 Å². The first-order chi connectivity index (χ1) is 15.0. The zero-order valence-corrected chi connectivity index (χ0v) is 18.3. The van der Waals surface area contributed by atoms with E-state index in [9.17, 15) is 4.79 Å². The standard InChI is InChI=1S/C25H29N3O3/c1-19-5-9-23(10-6-19)31-18-22-17-21(7-11-24(22)30-3)8-12-25(29)26-14-4-16-28-20(2)13-15-27-28/h5-13,15,17H,4,14,16,18H2,1-3H3,(H,26,29)/b12-8+. The average Bonchev–Trinajstić information content (AvgIpc) is 3.19. The van der Waals surface area contributed by atoms with Crippen LogP contribution in [0.4, 0.5) is 0 Å². The monoisotopic (exact) mass is 419 g/mol. The lowest BCUT2D eigenvalue weighted by molar-refractivity contribution is -0.116. The third-order valence-corrected chi connectivity index (χ3v) is 4.92. The van der Waals surface area contributed by atoms with Crippen LogP contribution in [0, 0.1) is 13.8 Å². The largest absolute Gasteiger partial charge is 0.496 e. The summed E-state index contributed by atoms with van der Waals surface area (Å²) >= 11 is 0. The molecular weight excluding hydrogens is 390 g/mol. The van der Waals surface area contributed by atoms with Crippen LogP contribution in [0.3, 0.4) is 0 Å². The Balaban J connectivity index is 1.52. The fourth-order valence-electron chi connectivity index (χ4n) is 3.11. The van der Waals surface area contributed by atoms with Gasteiger partial charge in [0.1, 0.15) is 18.1 Å². The van der Waals surface area contributed by atoms with Crippen LogP contribution in [0.25, 0.3) is 6.08 Å². The van der Waals surface area contributed by atoms with Gasteiger partial charge in [0, 0.05) is 36.6 Å². The molecule has 6 nitrogen and oxygen atoms in total. The Morgan fingerprint density at radius 1 is 1.13 bits per heavy atom. The van der Waals surface area contributed by atoms with Crippen molar-refractivity contribution in [2.75, 3.05) is 13.7 Å². The van der Waals surface area contributed by atoms with E-state index in [-0.39, 0.29) is 5.91 Å². The number of ether oxygens (including phenoxy) is 2. The third-order valence-electron chi connectivity index (χ3n) is 4.92. The third kappa shape index (κ3) is 6.74. The minimum absolute atomic E-state index is 0.120. The molecule has 0 saturated heterocycles. The minimum atomic E-state index is -0.120. The van der Waals surface area contributed by atoms with Gasteiger partial charge in [-0.25, -0.2) is 0 Å². The molecule has 0 atom stereocenters. The molecule has 0 bridgehead atoms. The second-order valence-electron chi connectivity index (χ2n) is 7.35. The first-order valence-electron chi connectivity index (χ1n) is 10.4. The van der Waals surface area contributed by atoms with Crippen molar-refractivity contribution < 1.29 is 14.3 Å². The smallest absolute Gasteiger partial charge is 0.244 e. The summed E-state index contributed by atoms with van der Waals surface area (Å²) in [6.07, 6.45) is 5.95. The van der Waals surface area contributed by atoms with E-state index in [0.717, 1.165) is 41.3 Å². The predicted molar refractivity (Wildman–Crippen MR) is 122 cm³/mol. The number of amides is 1. The maximum atomic E-state index is 12.1. The van der Waals surface area contributed by atoms with Gasteiger partial charge in [-0.05, 0) is 62.2 Å². The van der Waals surface area contributed by atoms with E-state index in [2.05, 4.69) is 10.4 Å². The Bertz CT molecular complexity index is 1020. The summed E-state index contributed by atoms with van der Waals surface area (Å²) < 4.78 is 13.3.